The molecule has 0 spiro atoms. The largest absolute Gasteiger partial charge is 0.492 e. The van der Waals surface area contributed by atoms with Gasteiger partial charge < -0.3 is 4.74 Å². The first-order chi connectivity index (χ1) is 6.81. The molecule has 2 heteroatoms. The zero-order valence-corrected chi connectivity index (χ0v) is 8.71. The van der Waals surface area contributed by atoms with Crippen molar-refractivity contribution in [2.75, 3.05) is 6.61 Å². The molecule has 0 saturated carbocycles. The lowest BCUT2D eigenvalue weighted by molar-refractivity contribution is 0.287. The molecule has 1 aromatic rings. The number of allylic oxidation sites excluding steroid dienone is 2. The second kappa shape index (κ2) is 3.82. The molecule has 0 amide bonds. The molecule has 14 heavy (non-hydrogen) atoms. The minimum atomic E-state index is 0.830. The van der Waals surface area contributed by atoms with Gasteiger partial charge in [0, 0.05) is 0 Å². The molecular formula is C12H15NO. The van der Waals surface area contributed by atoms with Gasteiger partial charge in [-0.1, -0.05) is 6.08 Å². The molecule has 74 valence electrons. The van der Waals surface area contributed by atoms with Crippen molar-refractivity contribution in [2.24, 2.45) is 0 Å². The third kappa shape index (κ3) is 1.65. The lowest BCUT2D eigenvalue weighted by Crippen LogP contribution is -2.09. The van der Waals surface area contributed by atoms with Crippen LogP contribution in [0.2, 0.25) is 0 Å². The molecule has 0 N–H and O–H groups in total. The SMILES string of the molecule is CC=C(C)c1cc2c(cn1)OCCC2. The van der Waals surface area contributed by atoms with E-state index >= 15 is 0 Å². The van der Waals surface area contributed by atoms with Gasteiger partial charge in [-0.15, -0.1) is 0 Å². The lowest BCUT2D eigenvalue weighted by atomic mass is 10.0. The highest BCUT2D eigenvalue weighted by molar-refractivity contribution is 5.61. The van der Waals surface area contributed by atoms with Crippen molar-refractivity contribution in [3.63, 3.8) is 0 Å². The van der Waals surface area contributed by atoms with E-state index in [2.05, 4.69) is 24.1 Å². The fourth-order valence-corrected chi connectivity index (χ4v) is 1.62. The van der Waals surface area contributed by atoms with Gasteiger partial charge >= 0.3 is 0 Å². The van der Waals surface area contributed by atoms with Gasteiger partial charge in [0.15, 0.2) is 0 Å². The summed E-state index contributed by atoms with van der Waals surface area (Å²) in [6.07, 6.45) is 6.16. The van der Waals surface area contributed by atoms with Gasteiger partial charge in [-0.2, -0.15) is 0 Å². The molecule has 0 unspecified atom stereocenters. The van der Waals surface area contributed by atoms with Crippen LogP contribution in [0.5, 0.6) is 5.75 Å². The van der Waals surface area contributed by atoms with Gasteiger partial charge in [-0.25, -0.2) is 0 Å². The lowest BCUT2D eigenvalue weighted by Gasteiger charge is -2.17. The van der Waals surface area contributed by atoms with Gasteiger partial charge in [0.1, 0.15) is 5.75 Å². The maximum Gasteiger partial charge on any atom is 0.140 e. The molecule has 0 aromatic carbocycles. The Balaban J connectivity index is 2.38. The second-order valence-electron chi connectivity index (χ2n) is 3.60. The predicted molar refractivity (Wildman–Crippen MR) is 57.4 cm³/mol. The maximum atomic E-state index is 5.51. The van der Waals surface area contributed by atoms with Crippen molar-refractivity contribution in [3.8, 4) is 5.75 Å². The molecule has 0 bridgehead atoms. The van der Waals surface area contributed by atoms with Crippen LogP contribution in [-0.4, -0.2) is 11.6 Å². The number of fused-ring (bicyclic) bond motifs is 1. The first-order valence-corrected chi connectivity index (χ1v) is 5.06. The van der Waals surface area contributed by atoms with Crippen molar-refractivity contribution >= 4 is 5.57 Å². The van der Waals surface area contributed by atoms with Gasteiger partial charge in [0.2, 0.25) is 0 Å². The monoisotopic (exact) mass is 189 g/mol. The minimum absolute atomic E-state index is 0.830. The number of rotatable bonds is 1. The average molecular weight is 189 g/mol. The quantitative estimate of drug-likeness (QED) is 0.677. The topological polar surface area (TPSA) is 22.1 Å². The van der Waals surface area contributed by atoms with Gasteiger partial charge in [0.05, 0.1) is 18.5 Å². The molecule has 1 aliphatic rings. The van der Waals surface area contributed by atoms with Crippen molar-refractivity contribution < 1.29 is 4.74 Å². The van der Waals surface area contributed by atoms with Crippen LogP contribution in [0.3, 0.4) is 0 Å². The van der Waals surface area contributed by atoms with Gasteiger partial charge in [-0.3, -0.25) is 4.98 Å². The highest BCUT2D eigenvalue weighted by Crippen LogP contribution is 2.25. The van der Waals surface area contributed by atoms with Crippen LogP contribution in [0.4, 0.5) is 0 Å². The molecule has 2 heterocycles. The van der Waals surface area contributed by atoms with Crippen LogP contribution >= 0.6 is 0 Å². The second-order valence-corrected chi connectivity index (χ2v) is 3.60. The predicted octanol–water partition coefficient (Wildman–Crippen LogP) is 2.83. The average Bonchev–Trinajstić information content (AvgIpc) is 2.27. The number of nitrogens with zero attached hydrogens (tertiary/aromatic N) is 1. The number of hydrogen-bond acceptors (Lipinski definition) is 2. The Morgan fingerprint density at radius 1 is 1.57 bits per heavy atom. The molecular weight excluding hydrogens is 174 g/mol. The Kier molecular flexibility index (Phi) is 2.53. The maximum absolute atomic E-state index is 5.51. The Labute approximate surface area is 84.6 Å². The smallest absolute Gasteiger partial charge is 0.140 e. The van der Waals surface area contributed by atoms with E-state index in [4.69, 9.17) is 4.74 Å². The van der Waals surface area contributed by atoms with Crippen LogP contribution in [-0.2, 0) is 6.42 Å². The van der Waals surface area contributed by atoms with E-state index < -0.39 is 0 Å². The van der Waals surface area contributed by atoms with Gasteiger partial charge in [-0.05, 0) is 43.9 Å². The molecule has 2 rings (SSSR count). The van der Waals surface area contributed by atoms with Crippen LogP contribution in [0.15, 0.2) is 18.3 Å². The van der Waals surface area contributed by atoms with Crippen molar-refractivity contribution in [2.45, 2.75) is 26.7 Å². The van der Waals surface area contributed by atoms with Crippen molar-refractivity contribution in [1.29, 1.82) is 0 Å². The van der Waals surface area contributed by atoms with E-state index in [9.17, 15) is 0 Å². The van der Waals surface area contributed by atoms with E-state index in [-0.39, 0.29) is 0 Å². The summed E-state index contributed by atoms with van der Waals surface area (Å²) in [6.45, 7) is 4.95. The van der Waals surface area contributed by atoms with Crippen molar-refractivity contribution in [3.05, 3.63) is 29.6 Å². The summed E-state index contributed by atoms with van der Waals surface area (Å²) in [7, 11) is 0. The Morgan fingerprint density at radius 3 is 3.21 bits per heavy atom. The summed E-state index contributed by atoms with van der Waals surface area (Å²) in [5.74, 6) is 0.962. The van der Waals surface area contributed by atoms with Gasteiger partial charge in [0.25, 0.3) is 0 Å². The molecule has 0 radical (unpaired) electrons. The third-order valence-corrected chi connectivity index (χ3v) is 2.63. The van der Waals surface area contributed by atoms with E-state index in [1.54, 1.807) is 0 Å². The zero-order valence-electron chi connectivity index (χ0n) is 8.71. The van der Waals surface area contributed by atoms with Crippen LogP contribution in [0, 0.1) is 0 Å². The fraction of sp³-hybridized carbons (Fsp3) is 0.417. The molecule has 1 aromatic heterocycles. The first-order valence-electron chi connectivity index (χ1n) is 5.06. The first kappa shape index (κ1) is 9.25. The Morgan fingerprint density at radius 2 is 2.43 bits per heavy atom. The van der Waals surface area contributed by atoms with Crippen LogP contribution < -0.4 is 4.74 Å². The summed E-state index contributed by atoms with van der Waals surface area (Å²) in [5.41, 5.74) is 3.58. The fourth-order valence-electron chi connectivity index (χ4n) is 1.62. The normalized spacial score (nSPS) is 16.0. The highest BCUT2D eigenvalue weighted by atomic mass is 16.5. The summed E-state index contributed by atoms with van der Waals surface area (Å²) >= 11 is 0. The molecule has 0 atom stereocenters. The number of hydrogen-bond donors (Lipinski definition) is 0. The zero-order chi connectivity index (χ0) is 9.97. The minimum Gasteiger partial charge on any atom is -0.492 e. The highest BCUT2D eigenvalue weighted by Gasteiger charge is 2.11. The Bertz CT molecular complexity index is 369. The van der Waals surface area contributed by atoms with E-state index in [1.807, 2.05) is 13.1 Å². The van der Waals surface area contributed by atoms with Crippen molar-refractivity contribution in [1.82, 2.24) is 4.98 Å². The number of aryl methyl sites for hydroxylation is 1. The summed E-state index contributed by atoms with van der Waals surface area (Å²) in [6, 6.07) is 2.14. The van der Waals surface area contributed by atoms with E-state index in [0.29, 0.717) is 0 Å². The molecule has 1 aliphatic heterocycles. The summed E-state index contributed by atoms with van der Waals surface area (Å²) < 4.78 is 5.51. The molecule has 0 saturated heterocycles. The number of pyridine rings is 1. The summed E-state index contributed by atoms with van der Waals surface area (Å²) in [4.78, 5) is 4.37. The molecule has 0 aliphatic carbocycles. The van der Waals surface area contributed by atoms with E-state index in [1.165, 1.54) is 11.1 Å². The molecule has 0 fully saturated rings. The van der Waals surface area contributed by atoms with E-state index in [0.717, 1.165) is 30.9 Å². The number of aromatic nitrogens is 1. The number of ether oxygens (including phenoxy) is 1. The third-order valence-electron chi connectivity index (χ3n) is 2.63. The summed E-state index contributed by atoms with van der Waals surface area (Å²) in [5, 5.41) is 0. The van der Waals surface area contributed by atoms with Crippen LogP contribution in [0.1, 0.15) is 31.5 Å². The molecule has 2 nitrogen and oxygen atoms in total. The Hall–Kier alpha value is -1.31. The van der Waals surface area contributed by atoms with Crippen LogP contribution in [0.25, 0.3) is 5.57 Å². The standard InChI is InChI=1S/C12H15NO/c1-3-9(2)11-7-10-5-4-6-14-12(10)8-13-11/h3,7-8H,4-6H2,1-2H3.